The fourth-order valence-electron chi connectivity index (χ4n) is 2.22. The van der Waals surface area contributed by atoms with Crippen LogP contribution in [0.3, 0.4) is 0 Å². The van der Waals surface area contributed by atoms with Crippen molar-refractivity contribution in [1.82, 2.24) is 9.55 Å². The fourth-order valence-corrected chi connectivity index (χ4v) is 2.38. The van der Waals surface area contributed by atoms with E-state index in [1.54, 1.807) is 0 Å². The van der Waals surface area contributed by atoms with E-state index >= 15 is 0 Å². The van der Waals surface area contributed by atoms with Crippen molar-refractivity contribution in [2.45, 2.75) is 12.5 Å². The maximum Gasteiger partial charge on any atom is 0.201 e. The Balaban J connectivity index is 2.22. The molecule has 4 nitrogen and oxygen atoms in total. The Kier molecular flexibility index (Phi) is 2.45. The Morgan fingerprint density at radius 3 is 3.06 bits per heavy atom. The molecule has 2 aromatic rings. The molecule has 2 N–H and O–H groups in total. The average Bonchev–Trinajstić information content (AvgIpc) is 2.86. The van der Waals surface area contributed by atoms with Crippen LogP contribution in [-0.2, 0) is 4.74 Å². The second-order valence-electron chi connectivity index (χ2n) is 4.11. The number of nitrogen functional groups attached to an aromatic ring is 1. The van der Waals surface area contributed by atoms with Gasteiger partial charge >= 0.3 is 0 Å². The van der Waals surface area contributed by atoms with Crippen molar-refractivity contribution in [1.29, 1.82) is 0 Å². The van der Waals surface area contributed by atoms with Gasteiger partial charge in [-0.05, 0) is 12.5 Å². The molecule has 17 heavy (non-hydrogen) atoms. The Bertz CT molecular complexity index is 578. The lowest BCUT2D eigenvalue weighted by atomic mass is 10.2. The number of aromatic nitrogens is 2. The number of hydrogen-bond acceptors (Lipinski definition) is 3. The number of benzene rings is 1. The van der Waals surface area contributed by atoms with Crippen LogP contribution in [0.1, 0.15) is 12.5 Å². The van der Waals surface area contributed by atoms with E-state index in [0.29, 0.717) is 30.2 Å². The van der Waals surface area contributed by atoms with E-state index in [2.05, 4.69) is 4.98 Å². The van der Waals surface area contributed by atoms with Crippen LogP contribution in [0.2, 0.25) is 5.02 Å². The maximum absolute atomic E-state index is 13.5. The number of hydrogen-bond donors (Lipinski definition) is 1. The molecule has 1 aromatic heterocycles. The summed E-state index contributed by atoms with van der Waals surface area (Å²) in [5.41, 5.74) is 7.14. The summed E-state index contributed by atoms with van der Waals surface area (Å²) >= 11 is 5.72. The zero-order valence-electron chi connectivity index (χ0n) is 8.99. The Morgan fingerprint density at radius 1 is 1.53 bits per heavy atom. The van der Waals surface area contributed by atoms with Gasteiger partial charge in [0.15, 0.2) is 0 Å². The summed E-state index contributed by atoms with van der Waals surface area (Å²) in [5.74, 6) is -0.0867. The highest BCUT2D eigenvalue weighted by Crippen LogP contribution is 2.30. The monoisotopic (exact) mass is 255 g/mol. The summed E-state index contributed by atoms with van der Waals surface area (Å²) in [6, 6.07) is 2.99. The third kappa shape index (κ3) is 1.66. The second-order valence-corrected chi connectivity index (χ2v) is 4.52. The molecule has 1 aliphatic rings. The van der Waals surface area contributed by atoms with Crippen LogP contribution in [0.4, 0.5) is 10.3 Å². The molecule has 0 spiro atoms. The van der Waals surface area contributed by atoms with E-state index in [9.17, 15) is 4.39 Å². The molecular weight excluding hydrogens is 245 g/mol. The van der Waals surface area contributed by atoms with Gasteiger partial charge in [0.2, 0.25) is 5.95 Å². The number of nitrogens with two attached hydrogens (primary N) is 1. The fraction of sp³-hybridized carbons (Fsp3) is 0.364. The van der Waals surface area contributed by atoms with Crippen LogP contribution in [0, 0.1) is 5.82 Å². The molecule has 1 saturated heterocycles. The highest BCUT2D eigenvalue weighted by atomic mass is 35.5. The van der Waals surface area contributed by atoms with E-state index in [1.165, 1.54) is 12.1 Å². The van der Waals surface area contributed by atoms with Crippen LogP contribution < -0.4 is 5.73 Å². The normalized spacial score (nSPS) is 20.2. The van der Waals surface area contributed by atoms with Gasteiger partial charge < -0.3 is 15.0 Å². The molecule has 6 heteroatoms. The molecule has 0 bridgehead atoms. The van der Waals surface area contributed by atoms with Crippen LogP contribution in [0.25, 0.3) is 11.0 Å². The van der Waals surface area contributed by atoms with Gasteiger partial charge in [-0.25, -0.2) is 9.37 Å². The molecule has 0 radical (unpaired) electrons. The van der Waals surface area contributed by atoms with Crippen molar-refractivity contribution in [3.05, 3.63) is 23.0 Å². The number of anilines is 1. The first-order valence-corrected chi connectivity index (χ1v) is 5.75. The quantitative estimate of drug-likeness (QED) is 0.851. The molecular formula is C11H11ClFN3O. The molecule has 1 atom stereocenters. The molecule has 0 saturated carbocycles. The highest BCUT2D eigenvalue weighted by molar-refractivity contribution is 6.31. The smallest absolute Gasteiger partial charge is 0.201 e. The summed E-state index contributed by atoms with van der Waals surface area (Å²) in [7, 11) is 0. The lowest BCUT2D eigenvalue weighted by Crippen LogP contribution is -2.11. The second kappa shape index (κ2) is 3.85. The molecule has 1 aromatic carbocycles. The summed E-state index contributed by atoms with van der Waals surface area (Å²) in [6.07, 6.45) is 0.861. The molecule has 1 unspecified atom stereocenters. The number of fused-ring (bicyclic) bond motifs is 1. The van der Waals surface area contributed by atoms with Crippen molar-refractivity contribution in [2.24, 2.45) is 0 Å². The van der Waals surface area contributed by atoms with E-state index in [4.69, 9.17) is 22.1 Å². The predicted molar refractivity (Wildman–Crippen MR) is 63.6 cm³/mol. The molecule has 0 amide bonds. The standard InChI is InChI=1S/C11H11ClFN3O/c12-7-3-9-10(4-8(7)13)16(11(14)15-9)6-1-2-17-5-6/h3-4,6H,1-2,5H2,(H2,14,15). The lowest BCUT2D eigenvalue weighted by molar-refractivity contribution is 0.187. The van der Waals surface area contributed by atoms with Crippen molar-refractivity contribution in [3.63, 3.8) is 0 Å². The van der Waals surface area contributed by atoms with Crippen LogP contribution in [-0.4, -0.2) is 22.8 Å². The van der Waals surface area contributed by atoms with Gasteiger partial charge in [0.05, 0.1) is 28.7 Å². The number of imidazole rings is 1. The van der Waals surface area contributed by atoms with Gasteiger partial charge in [0.25, 0.3) is 0 Å². The topological polar surface area (TPSA) is 53.1 Å². The number of nitrogens with zero attached hydrogens (tertiary/aromatic N) is 2. The SMILES string of the molecule is Nc1nc2cc(Cl)c(F)cc2n1C1CCOC1. The van der Waals surface area contributed by atoms with Gasteiger partial charge in [0.1, 0.15) is 5.82 Å². The Labute approximate surface area is 102 Å². The lowest BCUT2D eigenvalue weighted by Gasteiger charge is -2.12. The molecule has 3 rings (SSSR count). The van der Waals surface area contributed by atoms with E-state index in [-0.39, 0.29) is 11.1 Å². The minimum atomic E-state index is -0.459. The molecule has 1 fully saturated rings. The molecule has 1 aliphatic heterocycles. The minimum absolute atomic E-state index is 0.0600. The van der Waals surface area contributed by atoms with Gasteiger partial charge in [0, 0.05) is 12.7 Å². The first kappa shape index (κ1) is 10.8. The van der Waals surface area contributed by atoms with Crippen LogP contribution in [0.5, 0.6) is 0 Å². The number of halogens is 2. The maximum atomic E-state index is 13.5. The zero-order valence-corrected chi connectivity index (χ0v) is 9.75. The average molecular weight is 256 g/mol. The van der Waals surface area contributed by atoms with Gasteiger partial charge in [-0.15, -0.1) is 0 Å². The predicted octanol–water partition coefficient (Wildman–Crippen LogP) is 2.37. The van der Waals surface area contributed by atoms with E-state index in [1.807, 2.05) is 4.57 Å². The molecule has 90 valence electrons. The molecule has 2 heterocycles. The minimum Gasteiger partial charge on any atom is -0.379 e. The number of rotatable bonds is 1. The summed E-state index contributed by atoms with van der Waals surface area (Å²) in [6.45, 7) is 1.28. The summed E-state index contributed by atoms with van der Waals surface area (Å²) in [4.78, 5) is 4.19. The highest BCUT2D eigenvalue weighted by Gasteiger charge is 2.22. The summed E-state index contributed by atoms with van der Waals surface area (Å²) in [5, 5.41) is 0.0600. The van der Waals surface area contributed by atoms with Gasteiger partial charge in [-0.2, -0.15) is 0 Å². The van der Waals surface area contributed by atoms with Gasteiger partial charge in [-0.3, -0.25) is 0 Å². The van der Waals surface area contributed by atoms with Crippen molar-refractivity contribution in [2.75, 3.05) is 18.9 Å². The first-order chi connectivity index (χ1) is 8.16. The van der Waals surface area contributed by atoms with Crippen LogP contribution >= 0.6 is 11.6 Å². The third-order valence-corrected chi connectivity index (χ3v) is 3.32. The van der Waals surface area contributed by atoms with Crippen molar-refractivity contribution < 1.29 is 9.13 Å². The van der Waals surface area contributed by atoms with Crippen LogP contribution in [0.15, 0.2) is 12.1 Å². The van der Waals surface area contributed by atoms with Gasteiger partial charge in [-0.1, -0.05) is 11.6 Å². The molecule has 0 aliphatic carbocycles. The summed E-state index contributed by atoms with van der Waals surface area (Å²) < 4.78 is 20.6. The van der Waals surface area contributed by atoms with Crippen molar-refractivity contribution in [3.8, 4) is 0 Å². The Hall–Kier alpha value is -1.33. The van der Waals surface area contributed by atoms with E-state index in [0.717, 1.165) is 6.42 Å². The van der Waals surface area contributed by atoms with Crippen molar-refractivity contribution >= 4 is 28.6 Å². The Morgan fingerprint density at radius 2 is 2.35 bits per heavy atom. The first-order valence-electron chi connectivity index (χ1n) is 5.37. The third-order valence-electron chi connectivity index (χ3n) is 3.03. The van der Waals surface area contributed by atoms with E-state index < -0.39 is 5.82 Å². The largest absolute Gasteiger partial charge is 0.379 e. The zero-order chi connectivity index (χ0) is 12.0. The number of ether oxygens (including phenoxy) is 1.